The highest BCUT2D eigenvalue weighted by Crippen LogP contribution is 2.45. The van der Waals surface area contributed by atoms with Crippen molar-refractivity contribution in [2.45, 2.75) is 44.3 Å². The molecule has 3 aromatic heterocycles. The highest BCUT2D eigenvalue weighted by Gasteiger charge is 2.37. The summed E-state index contributed by atoms with van der Waals surface area (Å²) in [6.07, 6.45) is 9.05. The second-order valence-corrected chi connectivity index (χ2v) is 6.85. The fourth-order valence-corrected chi connectivity index (χ4v) is 4.08. The molecule has 3 aromatic rings. The lowest BCUT2D eigenvalue weighted by Crippen LogP contribution is -2.39. The molecule has 0 aromatic carbocycles. The minimum atomic E-state index is 0.190. The van der Waals surface area contributed by atoms with Crippen LogP contribution in [0.1, 0.15) is 61.4 Å². The van der Waals surface area contributed by atoms with Crippen molar-refractivity contribution < 1.29 is 0 Å². The maximum atomic E-state index is 4.67. The van der Waals surface area contributed by atoms with Crippen LogP contribution < -0.4 is 0 Å². The molecule has 1 fully saturated rings. The van der Waals surface area contributed by atoms with Gasteiger partial charge in [0.25, 0.3) is 0 Å². The highest BCUT2D eigenvalue weighted by molar-refractivity contribution is 5.19. The summed E-state index contributed by atoms with van der Waals surface area (Å²) in [5, 5.41) is 0. The molecule has 4 rings (SSSR count). The van der Waals surface area contributed by atoms with E-state index in [0.29, 0.717) is 0 Å². The molecule has 0 aliphatic carbocycles. The van der Waals surface area contributed by atoms with Crippen LogP contribution in [0.3, 0.4) is 0 Å². The van der Waals surface area contributed by atoms with Crippen molar-refractivity contribution in [3.8, 4) is 0 Å². The summed E-state index contributed by atoms with van der Waals surface area (Å²) in [5.74, 6) is 0. The number of aromatic nitrogens is 3. The third kappa shape index (κ3) is 3.37. The van der Waals surface area contributed by atoms with Gasteiger partial charge < -0.3 is 0 Å². The van der Waals surface area contributed by atoms with Crippen molar-refractivity contribution in [3.05, 3.63) is 90.3 Å². The van der Waals surface area contributed by atoms with E-state index < -0.39 is 0 Å². The standard InChI is InChI=1S/C22H24N4/c1-17(18-9-2-5-14-23-18)26-21(19-10-3-6-15-24-19)12-8-13-22(26)20-11-4-7-16-25-20/h2-7,9-11,14-17,21-22H,8,12-13H2,1H3/t17?,21-,22?/m1/s1. The zero-order valence-electron chi connectivity index (χ0n) is 15.1. The van der Waals surface area contributed by atoms with Crippen molar-refractivity contribution in [1.82, 2.24) is 19.9 Å². The Morgan fingerprint density at radius 2 is 1.31 bits per heavy atom. The molecule has 132 valence electrons. The van der Waals surface area contributed by atoms with Gasteiger partial charge in [-0.15, -0.1) is 0 Å². The Bertz CT molecular complexity index is 760. The van der Waals surface area contributed by atoms with E-state index in [2.05, 4.69) is 63.2 Å². The number of pyridine rings is 3. The molecule has 1 saturated heterocycles. The Morgan fingerprint density at radius 3 is 1.77 bits per heavy atom. The van der Waals surface area contributed by atoms with Gasteiger partial charge in [-0.3, -0.25) is 19.9 Å². The lowest BCUT2D eigenvalue weighted by Gasteiger charge is -2.45. The Hall–Kier alpha value is -2.59. The van der Waals surface area contributed by atoms with Crippen LogP contribution in [0.4, 0.5) is 0 Å². The highest BCUT2D eigenvalue weighted by atomic mass is 15.2. The second kappa shape index (κ2) is 7.75. The molecule has 3 atom stereocenters. The largest absolute Gasteiger partial charge is 0.278 e. The first-order valence-electron chi connectivity index (χ1n) is 9.35. The van der Waals surface area contributed by atoms with Gasteiger partial charge in [0.2, 0.25) is 0 Å². The lowest BCUT2D eigenvalue weighted by molar-refractivity contribution is 0.0358. The molecule has 0 N–H and O–H groups in total. The minimum absolute atomic E-state index is 0.190. The van der Waals surface area contributed by atoms with Gasteiger partial charge in [-0.05, 0) is 62.6 Å². The molecule has 0 radical (unpaired) electrons. The van der Waals surface area contributed by atoms with Crippen LogP contribution in [0.2, 0.25) is 0 Å². The summed E-state index contributed by atoms with van der Waals surface area (Å²) >= 11 is 0. The van der Waals surface area contributed by atoms with E-state index in [-0.39, 0.29) is 18.1 Å². The van der Waals surface area contributed by atoms with E-state index in [9.17, 15) is 0 Å². The minimum Gasteiger partial charge on any atom is -0.278 e. The van der Waals surface area contributed by atoms with Crippen molar-refractivity contribution in [2.75, 3.05) is 0 Å². The average molecular weight is 344 g/mol. The summed E-state index contributed by atoms with van der Waals surface area (Å²) in [6.45, 7) is 2.25. The zero-order valence-corrected chi connectivity index (χ0v) is 15.1. The average Bonchev–Trinajstić information content (AvgIpc) is 2.74. The third-order valence-electron chi connectivity index (χ3n) is 5.30. The Morgan fingerprint density at radius 1 is 0.769 bits per heavy atom. The van der Waals surface area contributed by atoms with Gasteiger partial charge in [0, 0.05) is 18.6 Å². The number of nitrogens with zero attached hydrogens (tertiary/aromatic N) is 4. The van der Waals surface area contributed by atoms with Crippen LogP contribution in [0.5, 0.6) is 0 Å². The molecule has 0 saturated carbocycles. The molecule has 1 aliphatic rings. The fourth-order valence-electron chi connectivity index (χ4n) is 4.08. The molecule has 0 bridgehead atoms. The Labute approximate surface area is 155 Å². The number of hydrogen-bond donors (Lipinski definition) is 0. The van der Waals surface area contributed by atoms with Crippen LogP contribution in [0.25, 0.3) is 0 Å². The topological polar surface area (TPSA) is 41.9 Å². The first-order valence-corrected chi connectivity index (χ1v) is 9.35. The summed E-state index contributed by atoms with van der Waals surface area (Å²) in [4.78, 5) is 16.5. The number of hydrogen-bond acceptors (Lipinski definition) is 4. The van der Waals surface area contributed by atoms with Gasteiger partial charge >= 0.3 is 0 Å². The molecule has 1 aliphatic heterocycles. The quantitative estimate of drug-likeness (QED) is 0.675. The van der Waals surface area contributed by atoms with Crippen LogP contribution >= 0.6 is 0 Å². The fraction of sp³-hybridized carbons (Fsp3) is 0.318. The Balaban J connectivity index is 1.76. The molecule has 26 heavy (non-hydrogen) atoms. The normalized spacial score (nSPS) is 22.0. The molecule has 4 nitrogen and oxygen atoms in total. The van der Waals surface area contributed by atoms with Gasteiger partial charge in [-0.25, -0.2) is 0 Å². The second-order valence-electron chi connectivity index (χ2n) is 6.85. The smallest absolute Gasteiger partial charge is 0.0575 e. The molecule has 0 amide bonds. The van der Waals surface area contributed by atoms with Crippen LogP contribution in [0, 0.1) is 0 Å². The van der Waals surface area contributed by atoms with Gasteiger partial charge in [-0.2, -0.15) is 0 Å². The van der Waals surface area contributed by atoms with Gasteiger partial charge in [-0.1, -0.05) is 18.2 Å². The summed E-state index contributed by atoms with van der Waals surface area (Å²) in [7, 11) is 0. The number of likely N-dealkylation sites (tertiary alicyclic amines) is 1. The maximum Gasteiger partial charge on any atom is 0.0575 e. The van der Waals surface area contributed by atoms with E-state index in [1.807, 2.05) is 36.8 Å². The van der Waals surface area contributed by atoms with E-state index in [0.717, 1.165) is 29.9 Å². The summed E-state index contributed by atoms with van der Waals surface area (Å²) in [5.41, 5.74) is 3.36. The van der Waals surface area contributed by atoms with Gasteiger partial charge in [0.05, 0.1) is 35.2 Å². The van der Waals surface area contributed by atoms with Crippen molar-refractivity contribution in [3.63, 3.8) is 0 Å². The predicted molar refractivity (Wildman–Crippen MR) is 102 cm³/mol. The van der Waals surface area contributed by atoms with Crippen molar-refractivity contribution in [2.24, 2.45) is 0 Å². The number of rotatable bonds is 4. The van der Waals surface area contributed by atoms with Crippen molar-refractivity contribution >= 4 is 0 Å². The zero-order chi connectivity index (χ0) is 17.8. The van der Waals surface area contributed by atoms with Crippen LogP contribution in [-0.4, -0.2) is 19.9 Å². The summed E-state index contributed by atoms with van der Waals surface area (Å²) < 4.78 is 0. The van der Waals surface area contributed by atoms with Crippen molar-refractivity contribution in [1.29, 1.82) is 0 Å². The summed E-state index contributed by atoms with van der Waals surface area (Å²) in [6, 6.07) is 19.3. The Kier molecular flexibility index (Phi) is 5.02. The molecular formula is C22H24N4. The molecular weight excluding hydrogens is 320 g/mol. The maximum absolute atomic E-state index is 4.67. The number of piperidine rings is 1. The van der Waals surface area contributed by atoms with E-state index in [1.54, 1.807) is 0 Å². The molecule has 4 heterocycles. The van der Waals surface area contributed by atoms with E-state index in [4.69, 9.17) is 0 Å². The van der Waals surface area contributed by atoms with Crippen LogP contribution in [-0.2, 0) is 0 Å². The lowest BCUT2D eigenvalue weighted by atomic mass is 9.89. The molecule has 0 spiro atoms. The monoisotopic (exact) mass is 344 g/mol. The van der Waals surface area contributed by atoms with E-state index in [1.165, 1.54) is 6.42 Å². The van der Waals surface area contributed by atoms with Gasteiger partial charge in [0.15, 0.2) is 0 Å². The first-order chi connectivity index (χ1) is 12.8. The third-order valence-corrected chi connectivity index (χ3v) is 5.30. The SMILES string of the molecule is CC(c1ccccn1)N1C(c2ccccn2)CCC[C@@H]1c1ccccn1. The van der Waals surface area contributed by atoms with Crippen LogP contribution in [0.15, 0.2) is 73.2 Å². The predicted octanol–water partition coefficient (Wildman–Crippen LogP) is 4.90. The molecule has 2 unspecified atom stereocenters. The first kappa shape index (κ1) is 16.9. The van der Waals surface area contributed by atoms with E-state index >= 15 is 0 Å². The molecule has 4 heteroatoms. The van der Waals surface area contributed by atoms with Gasteiger partial charge in [0.1, 0.15) is 0 Å².